The van der Waals surface area contributed by atoms with Crippen LogP contribution in [0.25, 0.3) is 0 Å². The van der Waals surface area contributed by atoms with Gasteiger partial charge in [-0.2, -0.15) is 0 Å². The second-order valence-corrected chi connectivity index (χ2v) is 7.13. The van der Waals surface area contributed by atoms with E-state index in [4.69, 9.17) is 9.47 Å². The van der Waals surface area contributed by atoms with Gasteiger partial charge in [0.2, 0.25) is 0 Å². The topological polar surface area (TPSA) is 33.7 Å². The summed E-state index contributed by atoms with van der Waals surface area (Å²) in [7, 11) is 1.69. The first-order valence-electron chi connectivity index (χ1n) is 8.53. The number of methoxy groups -OCH3 is 1. The minimum absolute atomic E-state index is 0.113. The molecule has 23 heavy (non-hydrogen) atoms. The normalized spacial score (nSPS) is 18.6. The Kier molecular flexibility index (Phi) is 7.18. The van der Waals surface area contributed by atoms with Gasteiger partial charge in [0, 0.05) is 29.2 Å². The molecule has 1 saturated heterocycles. The lowest BCUT2D eigenvalue weighted by molar-refractivity contribution is 0.226. The Bertz CT molecular complexity index is 508. The van der Waals surface area contributed by atoms with Gasteiger partial charge in [-0.3, -0.25) is 4.90 Å². The molecule has 1 aromatic carbocycles. The monoisotopic (exact) mass is 384 g/mol. The third-order valence-electron chi connectivity index (χ3n) is 4.33. The van der Waals surface area contributed by atoms with E-state index >= 15 is 0 Å². The van der Waals surface area contributed by atoms with E-state index in [1.165, 1.54) is 19.4 Å². The molecule has 1 aliphatic heterocycles. The number of hydrogen-bond acceptors (Lipinski definition) is 4. The van der Waals surface area contributed by atoms with Gasteiger partial charge in [0.15, 0.2) is 11.5 Å². The van der Waals surface area contributed by atoms with Gasteiger partial charge in [0.1, 0.15) is 0 Å². The van der Waals surface area contributed by atoms with Gasteiger partial charge in [-0.15, -0.1) is 0 Å². The van der Waals surface area contributed by atoms with E-state index in [1.54, 1.807) is 7.11 Å². The van der Waals surface area contributed by atoms with Crippen LogP contribution in [0.1, 0.15) is 39.2 Å². The molecule has 0 radical (unpaired) electrons. The Morgan fingerprint density at radius 1 is 1.39 bits per heavy atom. The molecule has 0 amide bonds. The lowest BCUT2D eigenvalue weighted by atomic mass is 10.1. The molecule has 0 aromatic heterocycles. The Hall–Kier alpha value is -0.780. The fraction of sp³-hybridized carbons (Fsp3) is 0.667. The summed E-state index contributed by atoms with van der Waals surface area (Å²) in [5.41, 5.74) is 1.12. The van der Waals surface area contributed by atoms with Crippen molar-refractivity contribution in [3.63, 3.8) is 0 Å². The van der Waals surface area contributed by atoms with Crippen molar-refractivity contribution in [2.24, 2.45) is 0 Å². The Morgan fingerprint density at radius 3 is 2.83 bits per heavy atom. The average Bonchev–Trinajstić information content (AvgIpc) is 2.97. The van der Waals surface area contributed by atoms with Gasteiger partial charge in [-0.25, -0.2) is 0 Å². The van der Waals surface area contributed by atoms with Gasteiger partial charge >= 0.3 is 0 Å². The van der Waals surface area contributed by atoms with Crippen molar-refractivity contribution in [3.8, 4) is 11.5 Å². The van der Waals surface area contributed by atoms with Crippen LogP contribution in [0.15, 0.2) is 16.6 Å². The molecule has 1 fully saturated rings. The van der Waals surface area contributed by atoms with Crippen LogP contribution in [-0.2, 0) is 6.54 Å². The van der Waals surface area contributed by atoms with Crippen LogP contribution in [0.2, 0.25) is 0 Å². The average molecular weight is 385 g/mol. The number of benzene rings is 1. The molecular formula is C18H29BrN2O2. The van der Waals surface area contributed by atoms with Crippen molar-refractivity contribution in [2.75, 3.05) is 26.7 Å². The summed E-state index contributed by atoms with van der Waals surface area (Å²) < 4.78 is 12.5. The standard InChI is InChI=1S/C18H29BrN2O2/c1-5-21-10-6-7-14(21)11-20-12-15-16(19)8-9-17(22-4)18(15)23-13(2)3/h8-9,13-14,20H,5-7,10-12H2,1-4H3. The lowest BCUT2D eigenvalue weighted by Crippen LogP contribution is -2.37. The van der Waals surface area contributed by atoms with Crippen LogP contribution in [0, 0.1) is 0 Å². The van der Waals surface area contributed by atoms with E-state index in [2.05, 4.69) is 33.1 Å². The van der Waals surface area contributed by atoms with Crippen LogP contribution in [0.4, 0.5) is 0 Å². The maximum Gasteiger partial charge on any atom is 0.167 e. The number of nitrogens with one attached hydrogen (secondary N) is 1. The lowest BCUT2D eigenvalue weighted by Gasteiger charge is -2.24. The van der Waals surface area contributed by atoms with Gasteiger partial charge in [0.25, 0.3) is 0 Å². The molecule has 0 bridgehead atoms. The summed E-state index contributed by atoms with van der Waals surface area (Å²) in [6, 6.07) is 4.62. The number of rotatable bonds is 8. The van der Waals surface area contributed by atoms with E-state index in [0.29, 0.717) is 6.04 Å². The third-order valence-corrected chi connectivity index (χ3v) is 5.07. The van der Waals surface area contributed by atoms with Crippen molar-refractivity contribution in [1.82, 2.24) is 10.2 Å². The van der Waals surface area contributed by atoms with Gasteiger partial charge < -0.3 is 14.8 Å². The van der Waals surface area contributed by atoms with Crippen molar-refractivity contribution in [2.45, 2.75) is 52.3 Å². The highest BCUT2D eigenvalue weighted by Gasteiger charge is 2.23. The van der Waals surface area contributed by atoms with Crippen molar-refractivity contribution >= 4 is 15.9 Å². The third kappa shape index (κ3) is 4.85. The van der Waals surface area contributed by atoms with Crippen molar-refractivity contribution < 1.29 is 9.47 Å². The summed E-state index contributed by atoms with van der Waals surface area (Å²) in [6.07, 6.45) is 2.71. The molecule has 0 saturated carbocycles. The summed E-state index contributed by atoms with van der Waals surface area (Å²) >= 11 is 3.65. The van der Waals surface area contributed by atoms with E-state index in [0.717, 1.165) is 41.2 Å². The molecule has 1 heterocycles. The second-order valence-electron chi connectivity index (χ2n) is 6.28. The molecule has 0 spiro atoms. The quantitative estimate of drug-likeness (QED) is 0.738. The molecule has 1 unspecified atom stereocenters. The van der Waals surface area contributed by atoms with Gasteiger partial charge in [0.05, 0.1) is 13.2 Å². The molecule has 1 atom stereocenters. The zero-order valence-corrected chi connectivity index (χ0v) is 16.3. The minimum atomic E-state index is 0.113. The summed E-state index contributed by atoms with van der Waals surface area (Å²) in [4.78, 5) is 2.55. The largest absolute Gasteiger partial charge is 0.493 e. The highest BCUT2D eigenvalue weighted by molar-refractivity contribution is 9.10. The van der Waals surface area contributed by atoms with E-state index in [9.17, 15) is 0 Å². The van der Waals surface area contributed by atoms with Crippen LogP contribution < -0.4 is 14.8 Å². The number of likely N-dealkylation sites (N-methyl/N-ethyl adjacent to an activating group) is 1. The fourth-order valence-electron chi connectivity index (χ4n) is 3.18. The first-order chi connectivity index (χ1) is 11.1. The van der Waals surface area contributed by atoms with Crippen molar-refractivity contribution in [3.05, 3.63) is 22.2 Å². The molecule has 4 nitrogen and oxygen atoms in total. The summed E-state index contributed by atoms with van der Waals surface area (Å²) in [5.74, 6) is 1.62. The number of nitrogens with zero attached hydrogens (tertiary/aromatic N) is 1. The maximum absolute atomic E-state index is 6.01. The summed E-state index contributed by atoms with van der Waals surface area (Å²) in [5, 5.41) is 3.61. The van der Waals surface area contributed by atoms with Crippen LogP contribution >= 0.6 is 15.9 Å². The number of halogens is 1. The molecule has 1 N–H and O–H groups in total. The molecule has 0 aliphatic carbocycles. The molecule has 1 aromatic rings. The maximum atomic E-state index is 6.01. The second kappa shape index (κ2) is 8.90. The molecule has 5 heteroatoms. The van der Waals surface area contributed by atoms with Gasteiger partial charge in [-0.1, -0.05) is 22.9 Å². The van der Waals surface area contributed by atoms with Crippen LogP contribution in [0.5, 0.6) is 11.5 Å². The Balaban J connectivity index is 2.06. The SMILES string of the molecule is CCN1CCCC1CNCc1c(Br)ccc(OC)c1OC(C)C. The first-order valence-corrected chi connectivity index (χ1v) is 9.32. The van der Waals surface area contributed by atoms with E-state index < -0.39 is 0 Å². The van der Waals surface area contributed by atoms with Crippen LogP contribution in [-0.4, -0.2) is 43.8 Å². The highest BCUT2D eigenvalue weighted by Crippen LogP contribution is 2.37. The Labute approximate surface area is 148 Å². The zero-order valence-electron chi connectivity index (χ0n) is 14.7. The summed E-state index contributed by atoms with van der Waals surface area (Å²) in [6.45, 7) is 10.5. The predicted octanol–water partition coefficient (Wildman–Crippen LogP) is 3.82. The van der Waals surface area contributed by atoms with E-state index in [1.807, 2.05) is 26.0 Å². The predicted molar refractivity (Wildman–Crippen MR) is 98.4 cm³/mol. The molecular weight excluding hydrogens is 356 g/mol. The molecule has 2 rings (SSSR count). The Morgan fingerprint density at radius 2 is 2.17 bits per heavy atom. The number of likely N-dealkylation sites (tertiary alicyclic amines) is 1. The fourth-order valence-corrected chi connectivity index (χ4v) is 3.63. The molecule has 1 aliphatic rings. The number of hydrogen-bond donors (Lipinski definition) is 1. The van der Waals surface area contributed by atoms with E-state index in [-0.39, 0.29) is 6.10 Å². The van der Waals surface area contributed by atoms with Crippen molar-refractivity contribution in [1.29, 1.82) is 0 Å². The minimum Gasteiger partial charge on any atom is -0.493 e. The van der Waals surface area contributed by atoms with Crippen LogP contribution in [0.3, 0.4) is 0 Å². The smallest absolute Gasteiger partial charge is 0.167 e. The molecule has 130 valence electrons. The van der Waals surface area contributed by atoms with Gasteiger partial charge in [-0.05, 0) is 51.9 Å². The zero-order chi connectivity index (χ0) is 16.8. The first kappa shape index (κ1) is 18.6. The number of ether oxygens (including phenoxy) is 2. The highest BCUT2D eigenvalue weighted by atomic mass is 79.9.